The summed E-state index contributed by atoms with van der Waals surface area (Å²) in [4.78, 5) is 23.9. The van der Waals surface area contributed by atoms with Gasteiger partial charge in [-0.2, -0.15) is 0 Å². The molecule has 0 saturated heterocycles. The first-order chi connectivity index (χ1) is 12.2. The van der Waals surface area contributed by atoms with Crippen molar-refractivity contribution in [3.63, 3.8) is 0 Å². The van der Waals surface area contributed by atoms with Crippen molar-refractivity contribution < 1.29 is 14.3 Å². The number of hydrogen-bond donors (Lipinski definition) is 2. The maximum Gasteiger partial charge on any atom is 0.262 e. The monoisotopic (exact) mass is 338 g/mol. The summed E-state index contributed by atoms with van der Waals surface area (Å²) < 4.78 is 5.55. The van der Waals surface area contributed by atoms with Gasteiger partial charge in [0.25, 0.3) is 5.91 Å². The van der Waals surface area contributed by atoms with E-state index in [4.69, 9.17) is 4.74 Å². The fourth-order valence-corrected chi connectivity index (χ4v) is 2.54. The Morgan fingerprint density at radius 2 is 1.88 bits per heavy atom. The summed E-state index contributed by atoms with van der Waals surface area (Å²) in [6, 6.07) is 14.8. The van der Waals surface area contributed by atoms with Crippen molar-refractivity contribution in [1.82, 2.24) is 0 Å². The van der Waals surface area contributed by atoms with Crippen LogP contribution in [0.15, 0.2) is 48.5 Å². The Hall–Kier alpha value is -2.82. The number of hydrogen-bond acceptors (Lipinski definition) is 3. The predicted molar refractivity (Wildman–Crippen MR) is 97.7 cm³/mol. The number of carbonyl (C=O) groups is 2. The minimum Gasteiger partial charge on any atom is -0.484 e. The minimum atomic E-state index is -0.215. The maximum atomic E-state index is 12.1. The molecule has 0 atom stereocenters. The fraction of sp³-hybridized carbons (Fsp3) is 0.300. The number of ether oxygens (including phenoxy) is 1. The van der Waals surface area contributed by atoms with E-state index < -0.39 is 0 Å². The largest absolute Gasteiger partial charge is 0.484 e. The van der Waals surface area contributed by atoms with Gasteiger partial charge in [0.2, 0.25) is 5.91 Å². The van der Waals surface area contributed by atoms with E-state index in [-0.39, 0.29) is 24.3 Å². The third kappa shape index (κ3) is 4.83. The second-order valence-corrected chi connectivity index (χ2v) is 6.14. The van der Waals surface area contributed by atoms with Crippen molar-refractivity contribution in [1.29, 1.82) is 0 Å². The first-order valence-corrected chi connectivity index (χ1v) is 8.57. The standard InChI is InChI=1S/C20H22N2O3/c1-2-14-6-3-4-9-18(14)22-19(23)13-25-17-8-5-7-16(12-17)21-20(24)15-10-11-15/h3-9,12,15H,2,10-11,13H2,1H3,(H,21,24)(H,22,23). The van der Waals surface area contributed by atoms with Crippen molar-refractivity contribution in [2.45, 2.75) is 26.2 Å². The lowest BCUT2D eigenvalue weighted by Crippen LogP contribution is -2.21. The molecule has 2 amide bonds. The maximum absolute atomic E-state index is 12.1. The molecule has 1 fully saturated rings. The zero-order valence-electron chi connectivity index (χ0n) is 14.2. The lowest BCUT2D eigenvalue weighted by molar-refractivity contribution is -0.118. The molecule has 2 N–H and O–H groups in total. The molecule has 1 aliphatic carbocycles. The van der Waals surface area contributed by atoms with Gasteiger partial charge in [-0.1, -0.05) is 31.2 Å². The van der Waals surface area contributed by atoms with E-state index in [1.165, 1.54) is 0 Å². The van der Waals surface area contributed by atoms with E-state index >= 15 is 0 Å². The number of amides is 2. The molecule has 25 heavy (non-hydrogen) atoms. The highest BCUT2D eigenvalue weighted by atomic mass is 16.5. The van der Waals surface area contributed by atoms with Crippen molar-refractivity contribution in [2.24, 2.45) is 5.92 Å². The summed E-state index contributed by atoms with van der Waals surface area (Å²) in [5.74, 6) is 0.529. The molecule has 0 spiro atoms. The van der Waals surface area contributed by atoms with Crippen molar-refractivity contribution in [2.75, 3.05) is 17.2 Å². The molecular formula is C20H22N2O3. The Morgan fingerprint density at radius 1 is 1.08 bits per heavy atom. The first kappa shape index (κ1) is 17.0. The van der Waals surface area contributed by atoms with E-state index in [1.54, 1.807) is 18.2 Å². The van der Waals surface area contributed by atoms with Gasteiger partial charge in [-0.3, -0.25) is 9.59 Å². The number of benzene rings is 2. The molecule has 0 bridgehead atoms. The molecule has 0 aliphatic heterocycles. The van der Waals surface area contributed by atoms with Crippen LogP contribution in [-0.2, 0) is 16.0 Å². The van der Waals surface area contributed by atoms with E-state index in [0.717, 1.165) is 30.5 Å². The van der Waals surface area contributed by atoms with E-state index in [1.807, 2.05) is 37.3 Å². The predicted octanol–water partition coefficient (Wildman–Crippen LogP) is 3.62. The first-order valence-electron chi connectivity index (χ1n) is 8.57. The second kappa shape index (κ2) is 7.83. The summed E-state index contributed by atoms with van der Waals surface area (Å²) in [5, 5.41) is 5.74. The van der Waals surface area contributed by atoms with Gasteiger partial charge >= 0.3 is 0 Å². The summed E-state index contributed by atoms with van der Waals surface area (Å²) in [5.41, 5.74) is 2.58. The zero-order valence-corrected chi connectivity index (χ0v) is 14.2. The molecule has 0 aromatic heterocycles. The molecular weight excluding hydrogens is 316 g/mol. The van der Waals surface area contributed by atoms with E-state index in [2.05, 4.69) is 10.6 Å². The molecule has 0 heterocycles. The normalized spacial score (nSPS) is 13.2. The van der Waals surface area contributed by atoms with Gasteiger partial charge in [-0.05, 0) is 43.0 Å². The smallest absolute Gasteiger partial charge is 0.262 e. The molecule has 1 aliphatic rings. The van der Waals surface area contributed by atoms with Crippen molar-refractivity contribution in [3.8, 4) is 5.75 Å². The average Bonchev–Trinajstić information content (AvgIpc) is 3.46. The highest BCUT2D eigenvalue weighted by Gasteiger charge is 2.29. The lowest BCUT2D eigenvalue weighted by Gasteiger charge is -2.11. The molecule has 3 rings (SSSR count). The number of para-hydroxylation sites is 1. The van der Waals surface area contributed by atoms with Crippen molar-refractivity contribution in [3.05, 3.63) is 54.1 Å². The van der Waals surface area contributed by atoms with Crippen LogP contribution in [0.4, 0.5) is 11.4 Å². The molecule has 5 nitrogen and oxygen atoms in total. The van der Waals surface area contributed by atoms with Gasteiger partial charge in [0.15, 0.2) is 6.61 Å². The minimum absolute atomic E-state index is 0.0473. The Balaban J connectivity index is 1.54. The zero-order chi connectivity index (χ0) is 17.6. The summed E-state index contributed by atoms with van der Waals surface area (Å²) >= 11 is 0. The van der Waals surface area contributed by atoms with Crippen LogP contribution >= 0.6 is 0 Å². The molecule has 130 valence electrons. The number of aryl methyl sites for hydroxylation is 1. The highest BCUT2D eigenvalue weighted by Crippen LogP contribution is 2.30. The van der Waals surface area contributed by atoms with Crippen molar-refractivity contribution >= 4 is 23.2 Å². The van der Waals surface area contributed by atoms with Crippen LogP contribution in [0.3, 0.4) is 0 Å². The Morgan fingerprint density at radius 3 is 2.64 bits per heavy atom. The Kier molecular flexibility index (Phi) is 5.33. The average molecular weight is 338 g/mol. The van der Waals surface area contributed by atoms with Gasteiger partial charge in [0.1, 0.15) is 5.75 Å². The highest BCUT2D eigenvalue weighted by molar-refractivity contribution is 5.94. The van der Waals surface area contributed by atoms with Gasteiger partial charge in [0, 0.05) is 23.4 Å². The molecule has 0 unspecified atom stereocenters. The number of anilines is 2. The molecule has 1 saturated carbocycles. The Labute approximate surface area is 147 Å². The fourth-order valence-electron chi connectivity index (χ4n) is 2.54. The number of carbonyl (C=O) groups excluding carboxylic acids is 2. The van der Waals surface area contributed by atoms with Crippen LogP contribution in [0, 0.1) is 5.92 Å². The van der Waals surface area contributed by atoms with Crippen LogP contribution in [0.1, 0.15) is 25.3 Å². The Bertz CT molecular complexity index is 769. The quantitative estimate of drug-likeness (QED) is 0.810. The third-order valence-electron chi connectivity index (χ3n) is 4.09. The molecule has 2 aromatic carbocycles. The molecule has 5 heteroatoms. The van der Waals surface area contributed by atoms with Gasteiger partial charge in [-0.25, -0.2) is 0 Å². The SMILES string of the molecule is CCc1ccccc1NC(=O)COc1cccc(NC(=O)C2CC2)c1. The van der Waals surface area contributed by atoms with Crippen LogP contribution in [0.25, 0.3) is 0 Å². The van der Waals surface area contributed by atoms with Crippen LogP contribution < -0.4 is 15.4 Å². The van der Waals surface area contributed by atoms with Gasteiger partial charge < -0.3 is 15.4 Å². The number of nitrogens with one attached hydrogen (secondary N) is 2. The van der Waals surface area contributed by atoms with Gasteiger partial charge in [0.05, 0.1) is 0 Å². The van der Waals surface area contributed by atoms with Crippen LogP contribution in [-0.4, -0.2) is 18.4 Å². The summed E-state index contributed by atoms with van der Waals surface area (Å²) in [6.45, 7) is 1.96. The topological polar surface area (TPSA) is 67.4 Å². The van der Waals surface area contributed by atoms with Crippen LogP contribution in [0.5, 0.6) is 5.75 Å². The number of rotatable bonds is 7. The lowest BCUT2D eigenvalue weighted by atomic mass is 10.1. The van der Waals surface area contributed by atoms with Gasteiger partial charge in [-0.15, -0.1) is 0 Å². The molecule has 0 radical (unpaired) electrons. The van der Waals surface area contributed by atoms with Crippen LogP contribution in [0.2, 0.25) is 0 Å². The van der Waals surface area contributed by atoms with E-state index in [0.29, 0.717) is 11.4 Å². The molecule has 2 aromatic rings. The third-order valence-corrected chi connectivity index (χ3v) is 4.09. The summed E-state index contributed by atoms with van der Waals surface area (Å²) in [7, 11) is 0. The summed E-state index contributed by atoms with van der Waals surface area (Å²) in [6.07, 6.45) is 2.77. The second-order valence-electron chi connectivity index (χ2n) is 6.14. The van der Waals surface area contributed by atoms with E-state index in [9.17, 15) is 9.59 Å².